The normalized spacial score (nSPS) is 28.3. The van der Waals surface area contributed by atoms with Crippen LogP contribution in [0.1, 0.15) is 11.1 Å². The Labute approximate surface area is 168 Å². The van der Waals surface area contributed by atoms with E-state index in [1.807, 2.05) is 7.05 Å². The van der Waals surface area contributed by atoms with E-state index in [4.69, 9.17) is 4.74 Å². The zero-order chi connectivity index (χ0) is 19.2. The van der Waals surface area contributed by atoms with Gasteiger partial charge in [0.1, 0.15) is 0 Å². The third kappa shape index (κ3) is 5.03. The molecule has 7 nitrogen and oxygen atoms in total. The van der Waals surface area contributed by atoms with Gasteiger partial charge in [-0.2, -0.15) is 0 Å². The van der Waals surface area contributed by atoms with E-state index in [-0.39, 0.29) is 0 Å². The van der Waals surface area contributed by atoms with E-state index in [1.165, 1.54) is 43.9 Å². The number of morpholine rings is 1. The standard InChI is InChI=1S/C21H34N6O/c1-22-21(24-15-20-17-25-6-8-27(20)9-7-25)23-14-18-4-2-3-5-19(18)16-26-10-12-28-13-11-26/h2-5,20H,6-17H2,1H3,(H2,22,23,24). The number of fused-ring (bicyclic) bond motifs is 3. The topological polar surface area (TPSA) is 55.4 Å². The van der Waals surface area contributed by atoms with Crippen molar-refractivity contribution in [1.29, 1.82) is 0 Å². The van der Waals surface area contributed by atoms with Gasteiger partial charge in [-0.1, -0.05) is 24.3 Å². The molecule has 4 aliphatic rings. The fourth-order valence-electron chi connectivity index (χ4n) is 4.42. The number of nitrogens with one attached hydrogen (secondary N) is 2. The Hall–Kier alpha value is -1.67. The van der Waals surface area contributed by atoms with Crippen LogP contribution in [0.2, 0.25) is 0 Å². The molecule has 4 saturated heterocycles. The number of benzene rings is 1. The number of rotatable bonds is 6. The Morgan fingerprint density at radius 1 is 1.04 bits per heavy atom. The first-order chi connectivity index (χ1) is 13.8. The largest absolute Gasteiger partial charge is 0.379 e. The third-order valence-electron chi connectivity index (χ3n) is 6.18. The predicted octanol–water partition coefficient (Wildman–Crippen LogP) is 0.184. The Bertz CT molecular complexity index is 652. The lowest BCUT2D eigenvalue weighted by Crippen LogP contribution is -2.63. The predicted molar refractivity (Wildman–Crippen MR) is 113 cm³/mol. The van der Waals surface area contributed by atoms with Gasteiger partial charge in [-0.25, -0.2) is 0 Å². The summed E-state index contributed by atoms with van der Waals surface area (Å²) in [6.45, 7) is 12.5. The molecule has 0 saturated carbocycles. The lowest BCUT2D eigenvalue weighted by Gasteiger charge is -2.47. The fraction of sp³-hybridized carbons (Fsp3) is 0.667. The minimum Gasteiger partial charge on any atom is -0.379 e. The number of ether oxygens (including phenoxy) is 1. The van der Waals surface area contributed by atoms with Crippen molar-refractivity contribution in [3.63, 3.8) is 0 Å². The summed E-state index contributed by atoms with van der Waals surface area (Å²) in [5.74, 6) is 0.888. The molecule has 0 aromatic heterocycles. The minimum absolute atomic E-state index is 0.592. The van der Waals surface area contributed by atoms with E-state index in [9.17, 15) is 0 Å². The molecule has 0 aliphatic carbocycles. The molecular weight excluding hydrogens is 352 g/mol. The van der Waals surface area contributed by atoms with E-state index >= 15 is 0 Å². The number of hydrogen-bond donors (Lipinski definition) is 2. The highest BCUT2D eigenvalue weighted by Gasteiger charge is 2.31. The lowest BCUT2D eigenvalue weighted by atomic mass is 10.1. The van der Waals surface area contributed by atoms with Gasteiger partial charge in [-0.15, -0.1) is 0 Å². The van der Waals surface area contributed by atoms with Gasteiger partial charge in [-0.3, -0.25) is 19.7 Å². The van der Waals surface area contributed by atoms with Gasteiger partial charge in [-0.05, 0) is 11.1 Å². The second kappa shape index (κ2) is 9.69. The Balaban J connectivity index is 1.28. The maximum atomic E-state index is 5.47. The van der Waals surface area contributed by atoms with Gasteiger partial charge in [0, 0.05) is 78.5 Å². The minimum atomic E-state index is 0.592. The van der Waals surface area contributed by atoms with Crippen molar-refractivity contribution in [3.05, 3.63) is 35.4 Å². The summed E-state index contributed by atoms with van der Waals surface area (Å²) >= 11 is 0. The fourth-order valence-corrected chi connectivity index (χ4v) is 4.42. The third-order valence-corrected chi connectivity index (χ3v) is 6.18. The van der Waals surface area contributed by atoms with Crippen LogP contribution in [0.5, 0.6) is 0 Å². The van der Waals surface area contributed by atoms with Crippen molar-refractivity contribution in [2.45, 2.75) is 19.1 Å². The van der Waals surface area contributed by atoms with Gasteiger partial charge in [0.2, 0.25) is 0 Å². The molecule has 4 fully saturated rings. The molecule has 28 heavy (non-hydrogen) atoms. The van der Waals surface area contributed by atoms with Crippen molar-refractivity contribution in [2.75, 3.05) is 72.6 Å². The van der Waals surface area contributed by atoms with Crippen LogP contribution in [-0.2, 0) is 17.8 Å². The highest BCUT2D eigenvalue weighted by Crippen LogP contribution is 2.15. The molecule has 0 amide bonds. The van der Waals surface area contributed by atoms with Crippen LogP contribution in [0.4, 0.5) is 0 Å². The molecule has 1 aromatic carbocycles. The van der Waals surface area contributed by atoms with Gasteiger partial charge in [0.15, 0.2) is 5.96 Å². The molecule has 0 spiro atoms. The maximum absolute atomic E-state index is 5.47. The van der Waals surface area contributed by atoms with Gasteiger partial charge >= 0.3 is 0 Å². The first kappa shape index (κ1) is 19.6. The Morgan fingerprint density at radius 2 is 1.79 bits per heavy atom. The summed E-state index contributed by atoms with van der Waals surface area (Å²) in [6, 6.07) is 9.30. The summed E-state index contributed by atoms with van der Waals surface area (Å²) in [5, 5.41) is 7.05. The number of aliphatic imine (C=N–C) groups is 1. The number of nitrogens with zero attached hydrogens (tertiary/aromatic N) is 4. The van der Waals surface area contributed by atoms with E-state index in [2.05, 4.69) is 54.6 Å². The van der Waals surface area contributed by atoms with E-state index < -0.39 is 0 Å². The monoisotopic (exact) mass is 386 g/mol. The molecule has 1 aromatic rings. The quantitative estimate of drug-likeness (QED) is 0.538. The molecule has 154 valence electrons. The van der Waals surface area contributed by atoms with Crippen LogP contribution in [0.15, 0.2) is 29.3 Å². The number of hydrogen-bond acceptors (Lipinski definition) is 5. The molecule has 4 aliphatic heterocycles. The SMILES string of the molecule is CN=C(NCc1ccccc1CN1CCOCC1)NCC1CN2CCN1CC2. The van der Waals surface area contributed by atoms with Gasteiger partial charge in [0.25, 0.3) is 0 Å². The lowest BCUT2D eigenvalue weighted by molar-refractivity contribution is 0.0154. The average Bonchev–Trinajstić information content (AvgIpc) is 2.76. The first-order valence-electron chi connectivity index (χ1n) is 10.6. The van der Waals surface area contributed by atoms with E-state index in [1.54, 1.807) is 0 Å². The second-order valence-electron chi connectivity index (χ2n) is 7.95. The maximum Gasteiger partial charge on any atom is 0.191 e. The first-order valence-corrected chi connectivity index (χ1v) is 10.6. The van der Waals surface area contributed by atoms with Crippen LogP contribution in [-0.4, -0.2) is 99.3 Å². The molecule has 7 heteroatoms. The van der Waals surface area contributed by atoms with Crippen LogP contribution >= 0.6 is 0 Å². The van der Waals surface area contributed by atoms with Gasteiger partial charge < -0.3 is 15.4 Å². The van der Waals surface area contributed by atoms with Crippen molar-refractivity contribution < 1.29 is 4.74 Å². The second-order valence-corrected chi connectivity index (χ2v) is 7.95. The van der Waals surface area contributed by atoms with Crippen LogP contribution in [0.3, 0.4) is 0 Å². The highest BCUT2D eigenvalue weighted by atomic mass is 16.5. The molecular formula is C21H34N6O. The van der Waals surface area contributed by atoms with Crippen molar-refractivity contribution in [3.8, 4) is 0 Å². The van der Waals surface area contributed by atoms with Crippen LogP contribution in [0, 0.1) is 0 Å². The molecule has 1 unspecified atom stereocenters. The Kier molecular flexibility index (Phi) is 6.80. The zero-order valence-electron chi connectivity index (χ0n) is 17.1. The van der Waals surface area contributed by atoms with Crippen molar-refractivity contribution in [2.24, 2.45) is 4.99 Å². The summed E-state index contributed by atoms with van der Waals surface area (Å²) in [5.41, 5.74) is 2.72. The van der Waals surface area contributed by atoms with E-state index in [0.717, 1.165) is 51.9 Å². The van der Waals surface area contributed by atoms with Crippen molar-refractivity contribution in [1.82, 2.24) is 25.3 Å². The van der Waals surface area contributed by atoms with Gasteiger partial charge in [0.05, 0.1) is 13.2 Å². The summed E-state index contributed by atoms with van der Waals surface area (Å²) < 4.78 is 5.47. The van der Waals surface area contributed by atoms with Crippen LogP contribution < -0.4 is 10.6 Å². The molecule has 2 N–H and O–H groups in total. The summed E-state index contributed by atoms with van der Waals surface area (Å²) in [7, 11) is 1.85. The zero-order valence-corrected chi connectivity index (χ0v) is 17.1. The van der Waals surface area contributed by atoms with E-state index in [0.29, 0.717) is 6.04 Å². The summed E-state index contributed by atoms with van der Waals surface area (Å²) in [4.78, 5) is 12.1. The Morgan fingerprint density at radius 3 is 2.46 bits per heavy atom. The molecule has 4 heterocycles. The molecule has 0 radical (unpaired) electrons. The summed E-state index contributed by atoms with van der Waals surface area (Å²) in [6.07, 6.45) is 0. The molecule has 5 rings (SSSR count). The number of piperazine rings is 3. The highest BCUT2D eigenvalue weighted by molar-refractivity contribution is 5.79. The number of guanidine groups is 1. The molecule has 2 bridgehead atoms. The average molecular weight is 387 g/mol. The van der Waals surface area contributed by atoms with Crippen molar-refractivity contribution >= 4 is 5.96 Å². The smallest absolute Gasteiger partial charge is 0.191 e. The molecule has 1 atom stereocenters. The van der Waals surface area contributed by atoms with Crippen LogP contribution in [0.25, 0.3) is 0 Å².